The van der Waals surface area contributed by atoms with Gasteiger partial charge >= 0.3 is 0 Å². The largest absolute Gasteiger partial charge is 0.363 e. The molecule has 6 atom stereocenters. The van der Waals surface area contributed by atoms with Gasteiger partial charge in [0, 0.05) is 18.9 Å². The Balaban J connectivity index is 1.37. The molecule has 3 saturated carbocycles. The summed E-state index contributed by atoms with van der Waals surface area (Å²) >= 11 is 0. The number of nitrogens with two attached hydrogens (primary N) is 1. The fraction of sp³-hybridized carbons (Fsp3) is 0.714. The van der Waals surface area contributed by atoms with Crippen LogP contribution in [0.1, 0.15) is 103 Å². The molecule has 5 amide bonds. The molecule has 262 valence electrons. The van der Waals surface area contributed by atoms with E-state index < -0.39 is 64.9 Å². The maximum atomic E-state index is 14.5. The number of primary amides is 1. The monoisotopic (exact) mass is 665 g/mol. The molecule has 2 heterocycles. The molecule has 1 aromatic heterocycles. The first-order valence-corrected chi connectivity index (χ1v) is 17.4. The second kappa shape index (κ2) is 13.9. The van der Waals surface area contributed by atoms with Gasteiger partial charge in [-0.3, -0.25) is 33.8 Å². The summed E-state index contributed by atoms with van der Waals surface area (Å²) in [7, 11) is 0. The molecule has 4 fully saturated rings. The Labute approximate surface area is 282 Å². The van der Waals surface area contributed by atoms with Crippen LogP contribution in [-0.4, -0.2) is 80.9 Å². The Morgan fingerprint density at radius 2 is 1.65 bits per heavy atom. The number of carbonyl (C=O) groups excluding carboxylic acids is 6. The van der Waals surface area contributed by atoms with Gasteiger partial charge in [0.05, 0.1) is 12.2 Å². The number of likely N-dealkylation sites (tertiary alicyclic amines) is 1. The first-order chi connectivity index (χ1) is 22.6. The van der Waals surface area contributed by atoms with Crippen molar-refractivity contribution >= 4 is 35.3 Å². The van der Waals surface area contributed by atoms with Gasteiger partial charge in [0.15, 0.2) is 0 Å². The zero-order chi connectivity index (χ0) is 35.0. The molecule has 5 N–H and O–H groups in total. The minimum absolute atomic E-state index is 0.0618. The first kappa shape index (κ1) is 35.4. The molecule has 13 heteroatoms. The third-order valence-corrected chi connectivity index (χ3v) is 11.3. The minimum Gasteiger partial charge on any atom is -0.363 e. The van der Waals surface area contributed by atoms with Crippen LogP contribution in [0.5, 0.6) is 0 Å². The van der Waals surface area contributed by atoms with Crippen molar-refractivity contribution in [1.29, 1.82) is 0 Å². The van der Waals surface area contributed by atoms with Crippen LogP contribution < -0.4 is 21.7 Å². The predicted molar refractivity (Wildman–Crippen MR) is 176 cm³/mol. The standard InChI is InChI=1S/C35H51N7O6/c1-34(2,3)28(41-31(46)25(20-12-7-6-8-13-20)40-30(45)23-17-37-14-15-38-23)33(48)42-18-21-24(35(21,4)5)26(42)32(47)39-22(27(43)29(36)44)16-19-10-9-11-19/h14-15,17,19-22,24-26,28H,6-13,16,18H2,1-5H3,(H2,36,44)(H,39,47)(H,40,45)(H,41,46). The van der Waals surface area contributed by atoms with Crippen LogP contribution in [0.25, 0.3) is 0 Å². The second-order valence-electron chi connectivity index (χ2n) is 16.0. The van der Waals surface area contributed by atoms with Crippen LogP contribution in [0.2, 0.25) is 0 Å². The molecular formula is C35H51N7O6. The van der Waals surface area contributed by atoms with Gasteiger partial charge in [-0.1, -0.05) is 73.1 Å². The molecule has 1 aliphatic heterocycles. The Morgan fingerprint density at radius 1 is 0.958 bits per heavy atom. The van der Waals surface area contributed by atoms with Gasteiger partial charge in [-0.2, -0.15) is 0 Å². The van der Waals surface area contributed by atoms with Gasteiger partial charge in [-0.15, -0.1) is 0 Å². The van der Waals surface area contributed by atoms with E-state index in [1.807, 2.05) is 20.8 Å². The van der Waals surface area contributed by atoms with Crippen LogP contribution in [0, 0.1) is 34.5 Å². The molecule has 0 aromatic carbocycles. The summed E-state index contributed by atoms with van der Waals surface area (Å²) in [6.45, 7) is 9.98. The molecule has 48 heavy (non-hydrogen) atoms. The summed E-state index contributed by atoms with van der Waals surface area (Å²) in [4.78, 5) is 90.0. The Kier molecular flexibility index (Phi) is 10.3. The fourth-order valence-corrected chi connectivity index (χ4v) is 8.08. The normalized spacial score (nSPS) is 25.4. The van der Waals surface area contributed by atoms with E-state index in [0.717, 1.165) is 51.4 Å². The van der Waals surface area contributed by atoms with E-state index in [1.165, 1.54) is 23.5 Å². The van der Waals surface area contributed by atoms with Crippen molar-refractivity contribution in [2.45, 2.75) is 117 Å². The zero-order valence-electron chi connectivity index (χ0n) is 28.8. The van der Waals surface area contributed by atoms with E-state index >= 15 is 0 Å². The molecule has 0 bridgehead atoms. The number of ketones is 1. The van der Waals surface area contributed by atoms with Crippen molar-refractivity contribution in [3.63, 3.8) is 0 Å². The Hall–Kier alpha value is -3.90. The SMILES string of the molecule is CC(C)(C)C(NC(=O)C(NC(=O)c1cnccn1)C1CCCCC1)C(=O)N1CC2C(C1C(=O)NC(CC1CCC1)C(=O)C(N)=O)C2(C)C. The van der Waals surface area contributed by atoms with Crippen molar-refractivity contribution in [2.24, 2.45) is 40.2 Å². The summed E-state index contributed by atoms with van der Waals surface area (Å²) in [5.74, 6) is -3.80. The van der Waals surface area contributed by atoms with Gasteiger partial charge < -0.3 is 26.6 Å². The maximum Gasteiger partial charge on any atom is 0.287 e. The highest BCUT2D eigenvalue weighted by molar-refractivity contribution is 6.37. The van der Waals surface area contributed by atoms with Crippen molar-refractivity contribution in [2.75, 3.05) is 6.54 Å². The van der Waals surface area contributed by atoms with Crippen molar-refractivity contribution in [3.8, 4) is 0 Å². The topological polar surface area (TPSA) is 194 Å². The number of hydrogen-bond acceptors (Lipinski definition) is 8. The third-order valence-electron chi connectivity index (χ3n) is 11.3. The first-order valence-electron chi connectivity index (χ1n) is 17.4. The smallest absolute Gasteiger partial charge is 0.287 e. The van der Waals surface area contributed by atoms with Gasteiger partial charge in [-0.25, -0.2) is 4.98 Å². The van der Waals surface area contributed by atoms with Gasteiger partial charge in [0.1, 0.15) is 23.8 Å². The number of Topliss-reactive ketones (excluding diaryl/α,β-unsaturated/α-hetero) is 1. The number of fused-ring (bicyclic) bond motifs is 1. The van der Waals surface area contributed by atoms with E-state index in [2.05, 4.69) is 39.8 Å². The van der Waals surface area contributed by atoms with E-state index in [-0.39, 0.29) is 34.8 Å². The molecule has 3 aliphatic carbocycles. The van der Waals surface area contributed by atoms with Crippen LogP contribution in [-0.2, 0) is 24.0 Å². The van der Waals surface area contributed by atoms with Crippen LogP contribution >= 0.6 is 0 Å². The summed E-state index contributed by atoms with van der Waals surface area (Å²) in [6, 6.07) is -3.84. The summed E-state index contributed by atoms with van der Waals surface area (Å²) in [5.41, 5.74) is 4.49. The summed E-state index contributed by atoms with van der Waals surface area (Å²) in [6.07, 6.45) is 11.8. The van der Waals surface area contributed by atoms with E-state index in [4.69, 9.17) is 5.73 Å². The highest BCUT2D eigenvalue weighted by atomic mass is 16.2. The summed E-state index contributed by atoms with van der Waals surface area (Å²) < 4.78 is 0. The van der Waals surface area contributed by atoms with Crippen molar-refractivity contribution < 1.29 is 28.8 Å². The minimum atomic E-state index is -1.10. The van der Waals surface area contributed by atoms with Crippen molar-refractivity contribution in [1.82, 2.24) is 30.8 Å². The zero-order valence-corrected chi connectivity index (χ0v) is 28.8. The lowest BCUT2D eigenvalue weighted by atomic mass is 9.80. The molecule has 6 unspecified atom stereocenters. The predicted octanol–water partition coefficient (Wildman–Crippen LogP) is 1.90. The Bertz CT molecular complexity index is 1420. The highest BCUT2D eigenvalue weighted by Gasteiger charge is 2.70. The Morgan fingerprint density at radius 3 is 2.21 bits per heavy atom. The van der Waals surface area contributed by atoms with Gasteiger partial charge in [-0.05, 0) is 53.8 Å². The van der Waals surface area contributed by atoms with Crippen LogP contribution in [0.3, 0.4) is 0 Å². The number of piperidine rings is 1. The van der Waals surface area contributed by atoms with E-state index in [1.54, 1.807) is 0 Å². The molecule has 1 aromatic rings. The molecule has 0 radical (unpaired) electrons. The lowest BCUT2D eigenvalue weighted by Crippen LogP contribution is -2.63. The number of nitrogens with one attached hydrogen (secondary N) is 3. The average Bonchev–Trinajstić information content (AvgIpc) is 3.33. The number of hydrogen-bond donors (Lipinski definition) is 4. The summed E-state index contributed by atoms with van der Waals surface area (Å²) in [5, 5.41) is 8.67. The lowest BCUT2D eigenvalue weighted by Gasteiger charge is -2.39. The molecule has 13 nitrogen and oxygen atoms in total. The lowest BCUT2D eigenvalue weighted by molar-refractivity contribution is -0.147. The number of carbonyl (C=O) groups is 6. The number of rotatable bonds is 12. The van der Waals surface area contributed by atoms with E-state index in [0.29, 0.717) is 13.0 Å². The van der Waals surface area contributed by atoms with Gasteiger partial charge in [0.2, 0.25) is 23.5 Å². The maximum absolute atomic E-state index is 14.5. The molecular weight excluding hydrogens is 614 g/mol. The molecule has 4 aliphatic rings. The average molecular weight is 666 g/mol. The van der Waals surface area contributed by atoms with E-state index in [9.17, 15) is 28.8 Å². The fourth-order valence-electron chi connectivity index (χ4n) is 8.08. The van der Waals surface area contributed by atoms with Crippen LogP contribution in [0.15, 0.2) is 18.6 Å². The third kappa shape index (κ3) is 7.39. The van der Waals surface area contributed by atoms with Crippen LogP contribution in [0.4, 0.5) is 0 Å². The highest BCUT2D eigenvalue weighted by Crippen LogP contribution is 2.65. The molecule has 1 saturated heterocycles. The molecule has 5 rings (SSSR count). The second-order valence-corrected chi connectivity index (χ2v) is 16.0. The molecule has 0 spiro atoms. The number of aromatic nitrogens is 2. The van der Waals surface area contributed by atoms with Gasteiger partial charge in [0.25, 0.3) is 11.8 Å². The quantitative estimate of drug-likeness (QED) is 0.243. The van der Waals surface area contributed by atoms with Crippen molar-refractivity contribution in [3.05, 3.63) is 24.3 Å². The number of amides is 5. The number of nitrogens with zero attached hydrogens (tertiary/aromatic N) is 3.